The van der Waals surface area contributed by atoms with Gasteiger partial charge in [0, 0.05) is 29.1 Å². The molecule has 3 heteroatoms. The largest absolute Gasteiger partial charge is 0.306 e. The first-order valence-corrected chi connectivity index (χ1v) is 5.90. The molecule has 1 rings (SSSR count). The first kappa shape index (κ1) is 13.7. The Hall–Kier alpha value is -1.38. The Morgan fingerprint density at radius 2 is 1.82 bits per heavy atom. The smallest absolute Gasteiger partial charge is 0.251 e. The van der Waals surface area contributed by atoms with E-state index in [1.165, 1.54) is 6.08 Å². The van der Waals surface area contributed by atoms with Crippen LogP contribution in [0.2, 0.25) is 0 Å². The molecule has 1 aliphatic heterocycles. The van der Waals surface area contributed by atoms with Crippen molar-refractivity contribution < 1.29 is 9.59 Å². The van der Waals surface area contributed by atoms with E-state index in [-0.39, 0.29) is 29.1 Å². The summed E-state index contributed by atoms with van der Waals surface area (Å²) in [5.74, 6) is -0.121. The second-order valence-electron chi connectivity index (χ2n) is 5.68. The van der Waals surface area contributed by atoms with Crippen LogP contribution in [0.1, 0.15) is 34.6 Å². The molecule has 0 aromatic carbocycles. The van der Waals surface area contributed by atoms with Crippen molar-refractivity contribution in [2.24, 2.45) is 11.3 Å². The minimum Gasteiger partial charge on any atom is -0.306 e. The lowest BCUT2D eigenvalue weighted by Crippen LogP contribution is -2.43. The Balaban J connectivity index is 2.84. The minimum absolute atomic E-state index is 0.0870. The van der Waals surface area contributed by atoms with E-state index in [0.717, 1.165) is 0 Å². The Kier molecular flexibility index (Phi) is 3.60. The van der Waals surface area contributed by atoms with Gasteiger partial charge in [0.2, 0.25) is 0 Å². The SMILES string of the molecule is C=C1C=CC(=O)N1C(C)C(C)C(=O)C(C)(C)C. The number of amides is 1. The maximum atomic E-state index is 12.2. The van der Waals surface area contributed by atoms with E-state index in [4.69, 9.17) is 0 Å². The van der Waals surface area contributed by atoms with Gasteiger partial charge in [-0.25, -0.2) is 0 Å². The van der Waals surface area contributed by atoms with Crippen LogP contribution in [-0.2, 0) is 9.59 Å². The molecule has 0 radical (unpaired) electrons. The van der Waals surface area contributed by atoms with Crippen LogP contribution in [0, 0.1) is 11.3 Å². The molecule has 0 bridgehead atoms. The number of Topliss-reactive ketones (excluding diaryl/α,β-unsaturated/α-hetero) is 1. The van der Waals surface area contributed by atoms with Crippen molar-refractivity contribution in [3.05, 3.63) is 24.4 Å². The summed E-state index contributed by atoms with van der Waals surface area (Å²) in [6.07, 6.45) is 3.18. The van der Waals surface area contributed by atoms with Gasteiger partial charge in [0.05, 0.1) is 0 Å². The van der Waals surface area contributed by atoms with Crippen LogP contribution >= 0.6 is 0 Å². The molecule has 0 aromatic rings. The molecule has 17 heavy (non-hydrogen) atoms. The van der Waals surface area contributed by atoms with Crippen LogP contribution in [0.4, 0.5) is 0 Å². The highest BCUT2D eigenvalue weighted by atomic mass is 16.2. The third-order valence-electron chi connectivity index (χ3n) is 3.25. The Labute approximate surface area is 103 Å². The lowest BCUT2D eigenvalue weighted by Gasteiger charge is -2.32. The predicted molar refractivity (Wildman–Crippen MR) is 68.2 cm³/mol. The third kappa shape index (κ3) is 2.65. The van der Waals surface area contributed by atoms with E-state index in [1.54, 1.807) is 11.0 Å². The predicted octanol–water partition coefficient (Wildman–Crippen LogP) is 2.54. The van der Waals surface area contributed by atoms with Gasteiger partial charge in [-0.05, 0) is 13.0 Å². The molecule has 0 aliphatic carbocycles. The zero-order valence-electron chi connectivity index (χ0n) is 11.3. The molecule has 0 spiro atoms. The van der Waals surface area contributed by atoms with Gasteiger partial charge in [-0.1, -0.05) is 34.3 Å². The van der Waals surface area contributed by atoms with E-state index in [1.807, 2.05) is 34.6 Å². The second-order valence-corrected chi connectivity index (χ2v) is 5.68. The average Bonchev–Trinajstić information content (AvgIpc) is 2.54. The molecule has 94 valence electrons. The average molecular weight is 235 g/mol. The van der Waals surface area contributed by atoms with Crippen LogP contribution in [-0.4, -0.2) is 22.6 Å². The maximum Gasteiger partial charge on any atom is 0.251 e. The summed E-state index contributed by atoms with van der Waals surface area (Å²) >= 11 is 0. The highest BCUT2D eigenvalue weighted by Crippen LogP contribution is 2.27. The van der Waals surface area contributed by atoms with Crippen LogP contribution in [0.15, 0.2) is 24.4 Å². The van der Waals surface area contributed by atoms with E-state index in [0.29, 0.717) is 5.70 Å². The number of carbonyl (C=O) groups excluding carboxylic acids is 2. The number of allylic oxidation sites excluding steroid dienone is 1. The number of nitrogens with zero attached hydrogens (tertiary/aromatic N) is 1. The number of hydrogen-bond acceptors (Lipinski definition) is 2. The molecule has 2 unspecified atom stereocenters. The zero-order valence-corrected chi connectivity index (χ0v) is 11.3. The van der Waals surface area contributed by atoms with Gasteiger partial charge in [0.15, 0.2) is 0 Å². The van der Waals surface area contributed by atoms with Gasteiger partial charge >= 0.3 is 0 Å². The lowest BCUT2D eigenvalue weighted by molar-refractivity contribution is -0.133. The van der Waals surface area contributed by atoms with E-state index in [2.05, 4.69) is 6.58 Å². The minimum atomic E-state index is -0.384. The fraction of sp³-hybridized carbons (Fsp3) is 0.571. The van der Waals surface area contributed by atoms with Gasteiger partial charge in [-0.15, -0.1) is 0 Å². The van der Waals surface area contributed by atoms with Crippen molar-refractivity contribution in [2.45, 2.75) is 40.7 Å². The monoisotopic (exact) mass is 235 g/mol. The van der Waals surface area contributed by atoms with Gasteiger partial charge < -0.3 is 4.90 Å². The van der Waals surface area contributed by atoms with Crippen molar-refractivity contribution in [1.82, 2.24) is 4.90 Å². The summed E-state index contributed by atoms with van der Waals surface area (Å²) in [6, 6.07) is -0.156. The Morgan fingerprint density at radius 1 is 1.29 bits per heavy atom. The maximum absolute atomic E-state index is 12.2. The van der Waals surface area contributed by atoms with Crippen LogP contribution in [0.5, 0.6) is 0 Å². The molecule has 0 saturated carbocycles. The van der Waals surface area contributed by atoms with E-state index < -0.39 is 0 Å². The molecule has 1 heterocycles. The summed E-state index contributed by atoms with van der Waals surface area (Å²) in [5.41, 5.74) is 0.279. The number of rotatable bonds is 3. The van der Waals surface area contributed by atoms with Crippen LogP contribution < -0.4 is 0 Å². The van der Waals surface area contributed by atoms with E-state index >= 15 is 0 Å². The lowest BCUT2D eigenvalue weighted by atomic mass is 9.80. The molecule has 1 aliphatic rings. The second kappa shape index (κ2) is 4.47. The molecular formula is C14H21NO2. The van der Waals surface area contributed by atoms with Crippen LogP contribution in [0.25, 0.3) is 0 Å². The van der Waals surface area contributed by atoms with Gasteiger partial charge in [0.25, 0.3) is 5.91 Å². The normalized spacial score (nSPS) is 19.7. The molecule has 0 aromatic heterocycles. The molecule has 0 N–H and O–H groups in total. The molecule has 3 nitrogen and oxygen atoms in total. The summed E-state index contributed by atoms with van der Waals surface area (Å²) < 4.78 is 0. The van der Waals surface area contributed by atoms with Crippen molar-refractivity contribution in [2.75, 3.05) is 0 Å². The summed E-state index contributed by atoms with van der Waals surface area (Å²) in [6.45, 7) is 13.3. The molecule has 2 atom stereocenters. The van der Waals surface area contributed by atoms with Crippen molar-refractivity contribution in [3.63, 3.8) is 0 Å². The first-order valence-electron chi connectivity index (χ1n) is 5.90. The third-order valence-corrected chi connectivity index (χ3v) is 3.25. The summed E-state index contributed by atoms with van der Waals surface area (Å²) in [4.78, 5) is 25.4. The first-order chi connectivity index (χ1) is 7.66. The fourth-order valence-electron chi connectivity index (χ4n) is 2.06. The summed E-state index contributed by atoms with van der Waals surface area (Å²) in [7, 11) is 0. The molecular weight excluding hydrogens is 214 g/mol. The topological polar surface area (TPSA) is 37.4 Å². The van der Waals surface area contributed by atoms with Gasteiger partial charge in [0.1, 0.15) is 5.78 Å². The summed E-state index contributed by atoms with van der Waals surface area (Å²) in [5, 5.41) is 0. The highest BCUT2D eigenvalue weighted by molar-refractivity contribution is 5.94. The highest BCUT2D eigenvalue weighted by Gasteiger charge is 2.35. The quantitative estimate of drug-likeness (QED) is 0.754. The van der Waals surface area contributed by atoms with Crippen LogP contribution in [0.3, 0.4) is 0 Å². The van der Waals surface area contributed by atoms with Gasteiger partial charge in [-0.2, -0.15) is 0 Å². The Bertz CT molecular complexity index is 370. The van der Waals surface area contributed by atoms with Crippen molar-refractivity contribution >= 4 is 11.7 Å². The fourth-order valence-corrected chi connectivity index (χ4v) is 2.06. The van der Waals surface area contributed by atoms with E-state index in [9.17, 15) is 9.59 Å². The molecule has 1 amide bonds. The zero-order chi connectivity index (χ0) is 13.4. The van der Waals surface area contributed by atoms with Gasteiger partial charge in [-0.3, -0.25) is 9.59 Å². The number of ketones is 1. The number of hydrogen-bond donors (Lipinski definition) is 0. The number of carbonyl (C=O) groups is 2. The van der Waals surface area contributed by atoms with Crippen molar-refractivity contribution in [3.8, 4) is 0 Å². The molecule has 0 fully saturated rings. The molecule has 0 saturated heterocycles. The standard InChI is InChI=1S/C14H21NO2/c1-9-7-8-12(16)15(9)11(3)10(2)13(17)14(4,5)6/h7-8,10-11H,1H2,2-6H3. The van der Waals surface area contributed by atoms with Crippen molar-refractivity contribution in [1.29, 1.82) is 0 Å². The Morgan fingerprint density at radius 3 is 2.18 bits per heavy atom.